The van der Waals surface area contributed by atoms with Crippen LogP contribution in [-0.4, -0.2) is 60.7 Å². The van der Waals surface area contributed by atoms with Crippen LogP contribution in [0.1, 0.15) is 253 Å². The molecule has 0 rings (SSSR count). The average Bonchev–Trinajstić information content (AvgIpc) is 3.21. The summed E-state index contributed by atoms with van der Waals surface area (Å²) in [4.78, 5) is 62.4. The van der Waals surface area contributed by atoms with Crippen LogP contribution in [0.5, 0.6) is 0 Å². The molecule has 356 valence electrons. The van der Waals surface area contributed by atoms with Crippen molar-refractivity contribution in [2.45, 2.75) is 278 Å². The number of nitrogens with one attached hydrogen (secondary N) is 1. The highest BCUT2D eigenvalue weighted by atomic mass is 16.6. The van der Waals surface area contributed by atoms with Crippen LogP contribution in [0.15, 0.2) is 12.2 Å². The zero-order valence-electron chi connectivity index (χ0n) is 40.2. The van der Waals surface area contributed by atoms with E-state index in [1.54, 1.807) is 0 Å². The molecule has 0 saturated heterocycles. The van der Waals surface area contributed by atoms with E-state index < -0.39 is 54.1 Å². The highest BCUT2D eigenvalue weighted by Crippen LogP contribution is 2.21. The first kappa shape index (κ1) is 58.1. The highest BCUT2D eigenvalue weighted by Gasteiger charge is 2.38. The molecule has 0 aromatic rings. The number of allylic oxidation sites excluding steroid dienone is 2. The lowest BCUT2D eigenvalue weighted by Gasteiger charge is -2.33. The van der Waals surface area contributed by atoms with Crippen LogP contribution in [0.25, 0.3) is 0 Å². The zero-order chi connectivity index (χ0) is 45.2. The van der Waals surface area contributed by atoms with Crippen molar-refractivity contribution in [3.63, 3.8) is 0 Å². The van der Waals surface area contributed by atoms with Crippen LogP contribution in [0.2, 0.25) is 0 Å². The van der Waals surface area contributed by atoms with E-state index in [9.17, 15) is 24.0 Å². The van der Waals surface area contributed by atoms with Crippen LogP contribution in [0.4, 0.5) is 0 Å². The number of unbranched alkanes of at least 4 members (excludes halogenated alkanes) is 28. The van der Waals surface area contributed by atoms with Gasteiger partial charge >= 0.3 is 23.9 Å². The van der Waals surface area contributed by atoms with Gasteiger partial charge in [-0.3, -0.25) is 24.0 Å². The predicted octanol–water partition coefficient (Wildman–Crippen LogP) is 13.3. The van der Waals surface area contributed by atoms with Crippen molar-refractivity contribution in [1.29, 1.82) is 0 Å². The Morgan fingerprint density at radius 1 is 0.426 bits per heavy atom. The fourth-order valence-corrected chi connectivity index (χ4v) is 7.89. The quantitative estimate of drug-likeness (QED) is 0.0275. The summed E-state index contributed by atoms with van der Waals surface area (Å²) in [7, 11) is 0. The molecule has 0 aromatic heterocycles. The molecule has 0 radical (unpaired) electrons. The van der Waals surface area contributed by atoms with Crippen molar-refractivity contribution in [2.75, 3.05) is 6.61 Å². The number of carbonyl (C=O) groups is 5. The standard InChI is InChI=1S/C51H93NO9/c1-7-9-11-13-15-17-19-21-23-24-25-26-27-29-30-32-34-36-38-40-48(59-44(4)54)50(61-46(6)56)47(42-58-43(3)53)52-51(57)49(60-45(5)55)41-39-37-35-33-31-28-22-20-18-16-14-12-10-8-2/h13,15,47-50H,7-12,14,16-42H2,1-6H3,(H,52,57)/b15-13+/t47-,48+,49+,50-/m1/s1. The van der Waals surface area contributed by atoms with Crippen molar-refractivity contribution < 1.29 is 42.9 Å². The second-order valence-electron chi connectivity index (χ2n) is 17.4. The number of ether oxygens (including phenoxy) is 4. The SMILES string of the molecule is CCCC/C=C/CCCCCCCCCCCCCCC[C@H](OC(C)=O)[C@H](OC(C)=O)[C@@H](COC(C)=O)NC(=O)[C@H](CCCCCCCCCCCCCCCC)OC(C)=O. The Labute approximate surface area is 373 Å². The molecule has 10 heteroatoms. The molecule has 0 heterocycles. The molecule has 61 heavy (non-hydrogen) atoms. The molecule has 0 saturated carbocycles. The lowest BCUT2D eigenvalue weighted by atomic mass is 9.98. The molecular weight excluding hydrogens is 771 g/mol. The number of carbonyl (C=O) groups excluding carboxylic acids is 5. The number of amides is 1. The number of esters is 4. The summed E-state index contributed by atoms with van der Waals surface area (Å²) in [6.07, 6.45) is 39.5. The maximum atomic E-state index is 13.7. The first-order valence-corrected chi connectivity index (χ1v) is 25.1. The maximum Gasteiger partial charge on any atom is 0.303 e. The molecule has 0 unspecified atom stereocenters. The van der Waals surface area contributed by atoms with Gasteiger partial charge in [-0.2, -0.15) is 0 Å². The van der Waals surface area contributed by atoms with Crippen molar-refractivity contribution in [1.82, 2.24) is 5.32 Å². The van der Waals surface area contributed by atoms with Gasteiger partial charge in [0.05, 0.1) is 0 Å². The third-order valence-electron chi connectivity index (χ3n) is 11.3. The predicted molar refractivity (Wildman–Crippen MR) is 248 cm³/mol. The highest BCUT2D eigenvalue weighted by molar-refractivity contribution is 5.83. The van der Waals surface area contributed by atoms with E-state index in [1.807, 2.05) is 0 Å². The van der Waals surface area contributed by atoms with Crippen molar-refractivity contribution >= 4 is 29.8 Å². The summed E-state index contributed by atoms with van der Waals surface area (Å²) in [5.41, 5.74) is 0. The van der Waals surface area contributed by atoms with Gasteiger partial charge in [-0.15, -0.1) is 0 Å². The lowest BCUT2D eigenvalue weighted by molar-refractivity contribution is -0.172. The molecule has 0 bridgehead atoms. The molecule has 0 aromatic carbocycles. The third kappa shape index (κ3) is 38.5. The van der Waals surface area contributed by atoms with E-state index >= 15 is 0 Å². The van der Waals surface area contributed by atoms with E-state index in [2.05, 4.69) is 31.3 Å². The van der Waals surface area contributed by atoms with Crippen LogP contribution in [0, 0.1) is 0 Å². The average molecular weight is 864 g/mol. The number of rotatable bonds is 43. The molecule has 0 aliphatic heterocycles. The smallest absolute Gasteiger partial charge is 0.303 e. The van der Waals surface area contributed by atoms with Crippen LogP contribution in [-0.2, 0) is 42.9 Å². The van der Waals surface area contributed by atoms with Gasteiger partial charge in [-0.05, 0) is 44.9 Å². The minimum atomic E-state index is -1.13. The fourth-order valence-electron chi connectivity index (χ4n) is 7.89. The van der Waals surface area contributed by atoms with Gasteiger partial charge in [0.25, 0.3) is 5.91 Å². The van der Waals surface area contributed by atoms with Gasteiger partial charge < -0.3 is 24.3 Å². The van der Waals surface area contributed by atoms with Gasteiger partial charge in [-0.1, -0.05) is 193 Å². The van der Waals surface area contributed by atoms with Gasteiger partial charge in [0.2, 0.25) is 0 Å². The molecule has 1 amide bonds. The minimum absolute atomic E-state index is 0.320. The summed E-state index contributed by atoms with van der Waals surface area (Å²) < 4.78 is 22.2. The third-order valence-corrected chi connectivity index (χ3v) is 11.3. The monoisotopic (exact) mass is 864 g/mol. The summed E-state index contributed by atoms with van der Waals surface area (Å²) in [5.74, 6) is -2.93. The second kappa shape index (κ2) is 42.4. The summed E-state index contributed by atoms with van der Waals surface area (Å²) in [6.45, 7) is 9.21. The molecule has 0 spiro atoms. The fraction of sp³-hybridized carbons (Fsp3) is 0.863. The topological polar surface area (TPSA) is 134 Å². The van der Waals surface area contributed by atoms with E-state index in [0.29, 0.717) is 25.7 Å². The van der Waals surface area contributed by atoms with Crippen LogP contribution < -0.4 is 5.32 Å². The van der Waals surface area contributed by atoms with Gasteiger partial charge in [0, 0.05) is 27.7 Å². The van der Waals surface area contributed by atoms with Gasteiger partial charge in [0.1, 0.15) is 18.8 Å². The summed E-state index contributed by atoms with van der Waals surface area (Å²) >= 11 is 0. The van der Waals surface area contributed by atoms with E-state index in [0.717, 1.165) is 38.5 Å². The number of hydrogen-bond acceptors (Lipinski definition) is 9. The molecule has 4 atom stereocenters. The van der Waals surface area contributed by atoms with E-state index in [-0.39, 0.29) is 6.61 Å². The minimum Gasteiger partial charge on any atom is -0.464 e. The Balaban J connectivity index is 4.96. The first-order chi connectivity index (χ1) is 29.5. The second-order valence-corrected chi connectivity index (χ2v) is 17.4. The Morgan fingerprint density at radius 3 is 1.21 bits per heavy atom. The van der Waals surface area contributed by atoms with E-state index in [1.165, 1.54) is 175 Å². The summed E-state index contributed by atoms with van der Waals surface area (Å²) in [5, 5.41) is 2.83. The first-order valence-electron chi connectivity index (χ1n) is 25.1. The van der Waals surface area contributed by atoms with Crippen molar-refractivity contribution in [2.24, 2.45) is 0 Å². The van der Waals surface area contributed by atoms with Crippen LogP contribution in [0.3, 0.4) is 0 Å². The van der Waals surface area contributed by atoms with Crippen molar-refractivity contribution in [3.8, 4) is 0 Å². The number of hydrogen-bond donors (Lipinski definition) is 1. The summed E-state index contributed by atoms with van der Waals surface area (Å²) in [6, 6.07) is -1.04. The zero-order valence-corrected chi connectivity index (χ0v) is 40.2. The van der Waals surface area contributed by atoms with Gasteiger partial charge in [0.15, 0.2) is 12.2 Å². The Kier molecular flexibility index (Phi) is 40.4. The lowest BCUT2D eigenvalue weighted by Crippen LogP contribution is -2.56. The molecule has 10 nitrogen and oxygen atoms in total. The van der Waals surface area contributed by atoms with Gasteiger partial charge in [-0.25, -0.2) is 0 Å². The largest absolute Gasteiger partial charge is 0.464 e. The Bertz CT molecular complexity index is 1130. The molecule has 0 fully saturated rings. The maximum absolute atomic E-state index is 13.7. The molecular formula is C51H93NO9. The van der Waals surface area contributed by atoms with E-state index in [4.69, 9.17) is 18.9 Å². The molecule has 0 aliphatic rings. The normalized spacial score (nSPS) is 13.3. The Hall–Kier alpha value is -2.91. The van der Waals surface area contributed by atoms with Crippen LogP contribution >= 0.6 is 0 Å². The Morgan fingerprint density at radius 2 is 0.803 bits per heavy atom. The molecule has 0 aliphatic carbocycles. The molecule has 1 N–H and O–H groups in total. The van der Waals surface area contributed by atoms with Crippen molar-refractivity contribution in [3.05, 3.63) is 12.2 Å².